The van der Waals surface area contributed by atoms with Crippen LogP contribution in [0.25, 0.3) is 0 Å². The molecule has 2 amide bonds. The van der Waals surface area contributed by atoms with Gasteiger partial charge in [-0.1, -0.05) is 0 Å². The lowest BCUT2D eigenvalue weighted by Crippen LogP contribution is -2.34. The van der Waals surface area contributed by atoms with Crippen LogP contribution < -0.4 is 11.1 Å². The quantitative estimate of drug-likeness (QED) is 0.513. The maximum absolute atomic E-state index is 12.3. The second kappa shape index (κ2) is 5.57. The lowest BCUT2D eigenvalue weighted by atomic mass is 10.1. The van der Waals surface area contributed by atoms with Crippen molar-refractivity contribution in [1.29, 1.82) is 0 Å². The number of nitrogen functional groups attached to an aromatic ring is 1. The van der Waals surface area contributed by atoms with E-state index < -0.39 is 0 Å². The molecule has 0 aliphatic carbocycles. The molecule has 23 heavy (non-hydrogen) atoms. The molecule has 1 heterocycles. The molecule has 0 spiro atoms. The van der Waals surface area contributed by atoms with E-state index in [-0.39, 0.29) is 24.3 Å². The second-order valence-corrected chi connectivity index (χ2v) is 5.31. The summed E-state index contributed by atoms with van der Waals surface area (Å²) in [6.07, 6.45) is 0. The van der Waals surface area contributed by atoms with E-state index >= 15 is 0 Å². The monoisotopic (exact) mass is 309 g/mol. The van der Waals surface area contributed by atoms with Crippen molar-refractivity contribution in [1.82, 2.24) is 4.90 Å². The van der Waals surface area contributed by atoms with Gasteiger partial charge in [0.15, 0.2) is 5.78 Å². The Labute approximate surface area is 132 Å². The molecule has 0 unspecified atom stereocenters. The number of nitrogens with one attached hydrogen (secondary N) is 1. The van der Waals surface area contributed by atoms with Crippen molar-refractivity contribution < 1.29 is 14.4 Å². The first-order chi connectivity index (χ1) is 11.0. The van der Waals surface area contributed by atoms with Crippen LogP contribution in [0.15, 0.2) is 42.5 Å². The van der Waals surface area contributed by atoms with E-state index in [9.17, 15) is 14.4 Å². The van der Waals surface area contributed by atoms with Gasteiger partial charge in [-0.3, -0.25) is 19.3 Å². The number of rotatable bonds is 4. The van der Waals surface area contributed by atoms with Gasteiger partial charge in [-0.2, -0.15) is 0 Å². The van der Waals surface area contributed by atoms with E-state index in [0.717, 1.165) is 4.90 Å². The van der Waals surface area contributed by atoms with Crippen molar-refractivity contribution >= 4 is 29.0 Å². The molecule has 6 nitrogen and oxygen atoms in total. The summed E-state index contributed by atoms with van der Waals surface area (Å²) in [5, 5.41) is 3.00. The third kappa shape index (κ3) is 2.66. The lowest BCUT2D eigenvalue weighted by Gasteiger charge is -2.15. The number of ketones is 1. The Morgan fingerprint density at radius 3 is 2.35 bits per heavy atom. The molecule has 116 valence electrons. The van der Waals surface area contributed by atoms with E-state index in [1.807, 2.05) is 0 Å². The van der Waals surface area contributed by atoms with Gasteiger partial charge in [0.1, 0.15) is 0 Å². The molecule has 0 bridgehead atoms. The summed E-state index contributed by atoms with van der Waals surface area (Å²) in [7, 11) is 0. The van der Waals surface area contributed by atoms with Crippen LogP contribution in [0, 0.1) is 0 Å². The average Bonchev–Trinajstić information content (AvgIpc) is 2.77. The Bertz CT molecular complexity index is 812. The third-order valence-electron chi connectivity index (χ3n) is 3.73. The summed E-state index contributed by atoms with van der Waals surface area (Å²) >= 11 is 0. The van der Waals surface area contributed by atoms with Gasteiger partial charge in [-0.25, -0.2) is 0 Å². The maximum atomic E-state index is 12.3. The Morgan fingerprint density at radius 1 is 1.04 bits per heavy atom. The number of nitrogens with two attached hydrogens (primary N) is 1. The zero-order chi connectivity index (χ0) is 16.6. The van der Waals surface area contributed by atoms with Crippen LogP contribution in [0.5, 0.6) is 0 Å². The molecule has 2 aromatic rings. The van der Waals surface area contributed by atoms with Crippen molar-refractivity contribution in [2.24, 2.45) is 0 Å². The number of Topliss-reactive ketones (excluding diaryl/α,β-unsaturated/α-hetero) is 1. The Hall–Kier alpha value is -3.15. The van der Waals surface area contributed by atoms with Gasteiger partial charge >= 0.3 is 0 Å². The largest absolute Gasteiger partial charge is 0.399 e. The molecular formula is C17H15N3O3. The van der Waals surface area contributed by atoms with E-state index in [2.05, 4.69) is 5.32 Å². The molecule has 0 fully saturated rings. The fraction of sp³-hybridized carbons (Fsp3) is 0.118. The van der Waals surface area contributed by atoms with Gasteiger partial charge in [-0.05, 0) is 49.4 Å². The fourth-order valence-electron chi connectivity index (χ4n) is 2.45. The number of carbonyl (C=O) groups excluding carboxylic acids is 3. The van der Waals surface area contributed by atoms with Gasteiger partial charge in [0.25, 0.3) is 11.8 Å². The minimum absolute atomic E-state index is 0.0190. The summed E-state index contributed by atoms with van der Waals surface area (Å²) in [6.45, 7) is 1.54. The molecule has 6 heteroatoms. The molecule has 3 rings (SSSR count). The third-order valence-corrected chi connectivity index (χ3v) is 3.73. The highest BCUT2D eigenvalue weighted by atomic mass is 16.2. The Morgan fingerprint density at radius 2 is 1.70 bits per heavy atom. The molecule has 3 N–H and O–H groups in total. The van der Waals surface area contributed by atoms with Crippen LogP contribution in [0.3, 0.4) is 0 Å². The van der Waals surface area contributed by atoms with Gasteiger partial charge < -0.3 is 11.1 Å². The smallest absolute Gasteiger partial charge is 0.263 e. The SMILES string of the molecule is CC(=O)c1ccc(NCN2C(=O)c3ccc(N)cc3C2=O)cc1. The maximum Gasteiger partial charge on any atom is 0.263 e. The second-order valence-electron chi connectivity index (χ2n) is 5.31. The number of amides is 2. The highest BCUT2D eigenvalue weighted by Crippen LogP contribution is 2.24. The molecule has 1 aliphatic rings. The van der Waals surface area contributed by atoms with Crippen molar-refractivity contribution in [2.75, 3.05) is 17.7 Å². The highest BCUT2D eigenvalue weighted by Gasteiger charge is 2.35. The first-order valence-corrected chi connectivity index (χ1v) is 7.08. The van der Waals surface area contributed by atoms with E-state index in [4.69, 9.17) is 5.73 Å². The number of imide groups is 1. The topological polar surface area (TPSA) is 92.5 Å². The van der Waals surface area contributed by atoms with Gasteiger partial charge in [0.05, 0.1) is 17.8 Å². The highest BCUT2D eigenvalue weighted by molar-refractivity contribution is 6.21. The first kappa shape index (κ1) is 14.8. The molecule has 0 saturated carbocycles. The van der Waals surface area contributed by atoms with E-state index in [0.29, 0.717) is 28.1 Å². The van der Waals surface area contributed by atoms with Crippen LogP contribution in [0.2, 0.25) is 0 Å². The Balaban J connectivity index is 1.73. The van der Waals surface area contributed by atoms with Crippen LogP contribution in [-0.4, -0.2) is 29.2 Å². The minimum Gasteiger partial charge on any atom is -0.399 e. The normalized spacial score (nSPS) is 13.2. The molecule has 1 aliphatic heterocycles. The van der Waals surface area contributed by atoms with Crippen molar-refractivity contribution in [3.63, 3.8) is 0 Å². The number of carbonyl (C=O) groups is 3. The number of benzene rings is 2. The number of nitrogens with zero attached hydrogens (tertiary/aromatic N) is 1. The van der Waals surface area contributed by atoms with Crippen molar-refractivity contribution in [3.05, 3.63) is 59.2 Å². The summed E-state index contributed by atoms with van der Waals surface area (Å²) in [6, 6.07) is 11.5. The molecule has 0 radical (unpaired) electrons. The Kier molecular flexibility index (Phi) is 3.57. The average molecular weight is 309 g/mol. The standard InChI is InChI=1S/C17H15N3O3/c1-10(21)11-2-5-13(6-3-11)19-9-20-16(22)14-7-4-12(18)8-15(14)17(20)23/h2-8,19H,9,18H2,1H3. The zero-order valence-electron chi connectivity index (χ0n) is 12.5. The summed E-state index contributed by atoms with van der Waals surface area (Å²) < 4.78 is 0. The van der Waals surface area contributed by atoms with Gasteiger partial charge in [0.2, 0.25) is 0 Å². The summed E-state index contributed by atoms with van der Waals surface area (Å²) in [5.74, 6) is -0.738. The van der Waals surface area contributed by atoms with Crippen LogP contribution in [0.4, 0.5) is 11.4 Å². The van der Waals surface area contributed by atoms with Crippen LogP contribution >= 0.6 is 0 Å². The molecule has 0 atom stereocenters. The first-order valence-electron chi connectivity index (χ1n) is 7.08. The van der Waals surface area contributed by atoms with E-state index in [1.54, 1.807) is 36.4 Å². The predicted octanol–water partition coefficient (Wildman–Crippen LogP) is 2.14. The van der Waals surface area contributed by atoms with Crippen LogP contribution in [-0.2, 0) is 0 Å². The minimum atomic E-state index is -0.370. The predicted molar refractivity (Wildman–Crippen MR) is 86.3 cm³/mol. The lowest BCUT2D eigenvalue weighted by molar-refractivity contribution is 0.0665. The van der Waals surface area contributed by atoms with Crippen molar-refractivity contribution in [2.45, 2.75) is 6.92 Å². The number of hydrogen-bond donors (Lipinski definition) is 2. The summed E-state index contributed by atoms with van der Waals surface area (Å²) in [4.78, 5) is 36.9. The molecule has 2 aromatic carbocycles. The van der Waals surface area contributed by atoms with E-state index in [1.165, 1.54) is 13.0 Å². The molecular weight excluding hydrogens is 294 g/mol. The molecule has 0 aromatic heterocycles. The zero-order valence-corrected chi connectivity index (χ0v) is 12.5. The van der Waals surface area contributed by atoms with Gasteiger partial charge in [0, 0.05) is 16.9 Å². The number of anilines is 2. The number of fused-ring (bicyclic) bond motifs is 1. The van der Waals surface area contributed by atoms with Crippen LogP contribution in [0.1, 0.15) is 38.0 Å². The summed E-state index contributed by atoms with van der Waals surface area (Å²) in [5.41, 5.74) is 8.11. The van der Waals surface area contributed by atoms with Gasteiger partial charge in [-0.15, -0.1) is 0 Å². The fourth-order valence-corrected chi connectivity index (χ4v) is 2.45. The van der Waals surface area contributed by atoms with Crippen molar-refractivity contribution in [3.8, 4) is 0 Å². The molecule has 0 saturated heterocycles. The number of hydrogen-bond acceptors (Lipinski definition) is 5.